The molecule has 1 aromatic heterocycles. The molecule has 282 valence electrons. The largest absolute Gasteiger partial charge is 0.238 e. The lowest BCUT2D eigenvalue weighted by Crippen LogP contribution is -2.25. The molecule has 1 spiro atoms. The summed E-state index contributed by atoms with van der Waals surface area (Å²) in [6, 6.07) is 75.5. The number of hydrogen-bond acceptors (Lipinski definition) is 2. The van der Waals surface area contributed by atoms with Crippen LogP contribution in [0, 0.1) is 6.57 Å². The summed E-state index contributed by atoms with van der Waals surface area (Å²) in [5, 5.41) is 2.39. The van der Waals surface area contributed by atoms with Crippen LogP contribution in [-0.4, -0.2) is 9.97 Å². The summed E-state index contributed by atoms with van der Waals surface area (Å²) >= 11 is 0. The Labute approximate surface area is 354 Å². The summed E-state index contributed by atoms with van der Waals surface area (Å²) < 4.78 is 0. The Bertz CT molecular complexity index is 3370. The molecule has 1 heterocycles. The first kappa shape index (κ1) is 34.8. The fourth-order valence-electron chi connectivity index (χ4n) is 9.97. The second-order valence-electron chi connectivity index (χ2n) is 16.0. The van der Waals surface area contributed by atoms with E-state index in [1.54, 1.807) is 0 Å². The van der Waals surface area contributed by atoms with Gasteiger partial charge in [-0.2, -0.15) is 0 Å². The van der Waals surface area contributed by atoms with Crippen molar-refractivity contribution in [3.05, 3.63) is 246 Å². The Hall–Kier alpha value is -8.19. The molecule has 2 aliphatic carbocycles. The zero-order chi connectivity index (χ0) is 40.5. The Kier molecular flexibility index (Phi) is 7.82. The van der Waals surface area contributed by atoms with Crippen molar-refractivity contribution in [3.8, 4) is 78.4 Å². The van der Waals surface area contributed by atoms with Gasteiger partial charge in [0, 0.05) is 16.7 Å². The van der Waals surface area contributed by atoms with Gasteiger partial charge in [-0.25, -0.2) is 14.8 Å². The highest BCUT2D eigenvalue weighted by molar-refractivity contribution is 6.00. The normalized spacial score (nSPS) is 12.7. The van der Waals surface area contributed by atoms with Crippen molar-refractivity contribution >= 4 is 16.5 Å². The average Bonchev–Trinajstić information content (AvgIpc) is 3.81. The van der Waals surface area contributed by atoms with Crippen molar-refractivity contribution in [1.82, 2.24) is 9.97 Å². The molecule has 0 amide bonds. The summed E-state index contributed by atoms with van der Waals surface area (Å²) in [6.45, 7) is 7.96. The zero-order valence-electron chi connectivity index (χ0n) is 33.0. The Morgan fingerprint density at radius 3 is 1.61 bits per heavy atom. The molecule has 0 bridgehead atoms. The summed E-state index contributed by atoms with van der Waals surface area (Å²) in [5.74, 6) is 0.693. The van der Waals surface area contributed by atoms with Gasteiger partial charge in [-0.15, -0.1) is 0 Å². The number of aromatic nitrogens is 2. The summed E-state index contributed by atoms with van der Waals surface area (Å²) in [4.78, 5) is 14.1. The van der Waals surface area contributed by atoms with E-state index >= 15 is 0 Å². The van der Waals surface area contributed by atoms with Crippen LogP contribution >= 0.6 is 0 Å². The van der Waals surface area contributed by atoms with Crippen LogP contribution in [0.4, 0.5) is 5.69 Å². The van der Waals surface area contributed by atoms with Crippen LogP contribution in [0.2, 0.25) is 0 Å². The van der Waals surface area contributed by atoms with Crippen molar-refractivity contribution < 1.29 is 0 Å². The van der Waals surface area contributed by atoms with Crippen molar-refractivity contribution in [2.75, 3.05) is 0 Å². The van der Waals surface area contributed by atoms with Crippen molar-refractivity contribution in [3.63, 3.8) is 0 Å². The van der Waals surface area contributed by atoms with Gasteiger partial charge in [-0.3, -0.25) is 0 Å². The van der Waals surface area contributed by atoms with Crippen molar-refractivity contribution in [1.29, 1.82) is 0 Å². The molecule has 0 unspecified atom stereocenters. The maximum absolute atomic E-state index is 7.96. The number of nitrogens with zero attached hydrogens (tertiary/aromatic N) is 3. The molecule has 0 radical (unpaired) electrons. The van der Waals surface area contributed by atoms with Crippen LogP contribution in [-0.2, 0) is 5.41 Å². The van der Waals surface area contributed by atoms with E-state index in [-0.39, 0.29) is 0 Å². The summed E-state index contributed by atoms with van der Waals surface area (Å²) in [7, 11) is 0. The minimum Gasteiger partial charge on any atom is -0.238 e. The van der Waals surface area contributed by atoms with E-state index in [1.165, 1.54) is 60.8 Å². The molecule has 61 heavy (non-hydrogen) atoms. The van der Waals surface area contributed by atoms with Gasteiger partial charge in [0.15, 0.2) is 11.5 Å². The van der Waals surface area contributed by atoms with E-state index in [0.717, 1.165) is 44.8 Å². The predicted molar refractivity (Wildman–Crippen MR) is 249 cm³/mol. The van der Waals surface area contributed by atoms with Crippen LogP contribution < -0.4 is 0 Å². The van der Waals surface area contributed by atoms with Gasteiger partial charge in [0.25, 0.3) is 0 Å². The number of rotatable bonds is 5. The number of fused-ring (bicyclic) bond motifs is 11. The van der Waals surface area contributed by atoms with Crippen LogP contribution in [0.1, 0.15) is 22.3 Å². The molecular weight excluding hydrogens is 739 g/mol. The van der Waals surface area contributed by atoms with E-state index < -0.39 is 5.41 Å². The SMILES string of the molecule is [C-]#[N+]c1ccc2c(c1)C1(c3ccccc3-c3ccccc31)c1cccc(-c3ccc(-c4ccc(-c5nc(-c6ccccc6)cc(-c6ccc7ccccc7c6)n5)cc4)cc3)c1-2. The zero-order valence-corrected chi connectivity index (χ0v) is 33.0. The van der Waals surface area contributed by atoms with Crippen LogP contribution in [0.25, 0.3) is 94.0 Å². The molecule has 9 aromatic carbocycles. The second kappa shape index (κ2) is 13.7. The highest BCUT2D eigenvalue weighted by Crippen LogP contribution is 2.64. The van der Waals surface area contributed by atoms with Crippen molar-refractivity contribution in [2.24, 2.45) is 0 Å². The monoisotopic (exact) mass is 773 g/mol. The van der Waals surface area contributed by atoms with Gasteiger partial charge < -0.3 is 0 Å². The third-order valence-electron chi connectivity index (χ3n) is 12.7. The molecule has 0 N–H and O–H groups in total. The number of benzene rings is 9. The fourth-order valence-corrected chi connectivity index (χ4v) is 9.97. The standard InChI is InChI=1S/C58H35N3/c1-59-45-32-33-49-53(35-45)58(50-19-9-7-16-47(50)48-17-8-10-20-51(48)58)52-21-11-18-46(56(49)52)40-27-22-38(23-28-40)39-24-29-42(30-25-39)57-60-54(41-13-3-2-4-14-41)36-55(61-57)44-31-26-37-12-5-6-15-43(37)34-44/h2-36H. The van der Waals surface area contributed by atoms with Gasteiger partial charge in [-0.05, 0) is 89.7 Å². The molecule has 0 saturated heterocycles. The third-order valence-corrected chi connectivity index (χ3v) is 12.7. The lowest BCUT2D eigenvalue weighted by molar-refractivity contribution is 0.794. The molecule has 2 aliphatic rings. The van der Waals surface area contributed by atoms with Gasteiger partial charge >= 0.3 is 0 Å². The van der Waals surface area contributed by atoms with E-state index in [1.807, 2.05) is 24.3 Å². The lowest BCUT2D eigenvalue weighted by Gasteiger charge is -2.30. The Morgan fingerprint density at radius 2 is 0.902 bits per heavy atom. The predicted octanol–water partition coefficient (Wildman–Crippen LogP) is 14.9. The van der Waals surface area contributed by atoms with E-state index in [4.69, 9.17) is 16.5 Å². The second-order valence-corrected chi connectivity index (χ2v) is 16.0. The van der Waals surface area contributed by atoms with Crippen LogP contribution in [0.5, 0.6) is 0 Å². The molecule has 10 aromatic rings. The maximum Gasteiger partial charge on any atom is 0.187 e. The van der Waals surface area contributed by atoms with Gasteiger partial charge in [0.05, 0.1) is 23.4 Å². The average molecular weight is 774 g/mol. The lowest BCUT2D eigenvalue weighted by atomic mass is 9.70. The molecule has 3 heteroatoms. The van der Waals surface area contributed by atoms with Crippen LogP contribution in [0.3, 0.4) is 0 Å². The first-order valence-corrected chi connectivity index (χ1v) is 20.7. The van der Waals surface area contributed by atoms with E-state index in [9.17, 15) is 0 Å². The van der Waals surface area contributed by atoms with Crippen molar-refractivity contribution in [2.45, 2.75) is 5.41 Å². The summed E-state index contributed by atoms with van der Waals surface area (Å²) in [5.41, 5.74) is 19.5. The molecule has 3 nitrogen and oxygen atoms in total. The highest BCUT2D eigenvalue weighted by Gasteiger charge is 2.52. The van der Waals surface area contributed by atoms with Gasteiger partial charge in [0.2, 0.25) is 0 Å². The minimum absolute atomic E-state index is 0.503. The maximum atomic E-state index is 7.96. The molecule has 0 fully saturated rings. The first-order chi connectivity index (χ1) is 30.2. The number of hydrogen-bond donors (Lipinski definition) is 0. The smallest absolute Gasteiger partial charge is 0.187 e. The molecule has 12 rings (SSSR count). The Balaban J connectivity index is 0.922. The van der Waals surface area contributed by atoms with Gasteiger partial charge in [-0.1, -0.05) is 200 Å². The fraction of sp³-hybridized carbons (Fsp3) is 0.0172. The van der Waals surface area contributed by atoms with Crippen LogP contribution in [0.15, 0.2) is 212 Å². The third kappa shape index (κ3) is 5.36. The Morgan fingerprint density at radius 1 is 0.344 bits per heavy atom. The summed E-state index contributed by atoms with van der Waals surface area (Å²) in [6.07, 6.45) is 0. The van der Waals surface area contributed by atoms with E-state index in [2.05, 4.69) is 193 Å². The van der Waals surface area contributed by atoms with Gasteiger partial charge in [0.1, 0.15) is 0 Å². The molecular formula is C58H35N3. The molecule has 0 atom stereocenters. The first-order valence-electron chi connectivity index (χ1n) is 20.7. The van der Waals surface area contributed by atoms with E-state index in [0.29, 0.717) is 11.5 Å². The molecule has 0 aliphatic heterocycles. The molecule has 0 saturated carbocycles. The minimum atomic E-state index is -0.503. The topological polar surface area (TPSA) is 30.1 Å². The quantitative estimate of drug-likeness (QED) is 0.163. The highest BCUT2D eigenvalue weighted by atomic mass is 14.9.